The molecular weight excluding hydrogens is 290 g/mol. The van der Waals surface area contributed by atoms with Crippen LogP contribution in [0.4, 0.5) is 4.79 Å². The Bertz CT molecular complexity index is 692. The van der Waals surface area contributed by atoms with E-state index in [1.165, 1.54) is 4.90 Å². The predicted molar refractivity (Wildman–Crippen MR) is 92.1 cm³/mol. The minimum Gasteiger partial charge on any atom is -0.349 e. The summed E-state index contributed by atoms with van der Waals surface area (Å²) in [7, 11) is 5.17. The van der Waals surface area contributed by atoms with E-state index in [4.69, 9.17) is 0 Å². The van der Waals surface area contributed by atoms with Crippen LogP contribution in [0.5, 0.6) is 0 Å². The lowest BCUT2D eigenvalue weighted by molar-refractivity contribution is -0.128. The SMILES string of the molecule is CN(C)C(=O)CCNC(=O)N(C)Cc1cccc2ccccc12. The number of amides is 3. The zero-order valence-corrected chi connectivity index (χ0v) is 13.9. The molecule has 0 spiro atoms. The van der Waals surface area contributed by atoms with Crippen molar-refractivity contribution in [1.29, 1.82) is 0 Å². The molecule has 0 saturated heterocycles. The van der Waals surface area contributed by atoms with Crippen molar-refractivity contribution in [3.8, 4) is 0 Å². The summed E-state index contributed by atoms with van der Waals surface area (Å²) in [6.07, 6.45) is 0.306. The van der Waals surface area contributed by atoms with E-state index in [9.17, 15) is 9.59 Å². The highest BCUT2D eigenvalue weighted by atomic mass is 16.2. The molecule has 0 aliphatic carbocycles. The van der Waals surface area contributed by atoms with Gasteiger partial charge in [-0.05, 0) is 16.3 Å². The van der Waals surface area contributed by atoms with Gasteiger partial charge < -0.3 is 15.1 Å². The van der Waals surface area contributed by atoms with E-state index >= 15 is 0 Å². The molecule has 23 heavy (non-hydrogen) atoms. The van der Waals surface area contributed by atoms with Gasteiger partial charge in [-0.3, -0.25) is 4.79 Å². The highest BCUT2D eigenvalue weighted by Gasteiger charge is 2.11. The highest BCUT2D eigenvalue weighted by Crippen LogP contribution is 2.19. The number of nitrogens with zero attached hydrogens (tertiary/aromatic N) is 2. The predicted octanol–water partition coefficient (Wildman–Crippen LogP) is 2.46. The van der Waals surface area contributed by atoms with Gasteiger partial charge in [-0.15, -0.1) is 0 Å². The molecule has 0 saturated carbocycles. The molecular formula is C18H23N3O2. The lowest BCUT2D eigenvalue weighted by atomic mass is 10.0. The largest absolute Gasteiger partial charge is 0.349 e. The minimum atomic E-state index is -0.176. The number of hydrogen-bond donors (Lipinski definition) is 1. The molecule has 0 radical (unpaired) electrons. The summed E-state index contributed by atoms with van der Waals surface area (Å²) in [4.78, 5) is 26.8. The first kappa shape index (κ1) is 16.8. The number of benzene rings is 2. The number of carbonyl (C=O) groups excluding carboxylic acids is 2. The normalized spacial score (nSPS) is 10.4. The fourth-order valence-electron chi connectivity index (χ4n) is 2.39. The van der Waals surface area contributed by atoms with Crippen molar-refractivity contribution in [2.75, 3.05) is 27.7 Å². The van der Waals surface area contributed by atoms with E-state index in [-0.39, 0.29) is 11.9 Å². The number of urea groups is 1. The fourth-order valence-corrected chi connectivity index (χ4v) is 2.39. The number of nitrogens with one attached hydrogen (secondary N) is 1. The zero-order valence-electron chi connectivity index (χ0n) is 13.9. The second-order valence-corrected chi connectivity index (χ2v) is 5.76. The molecule has 0 aromatic heterocycles. The third-order valence-electron chi connectivity index (χ3n) is 3.75. The molecule has 0 heterocycles. The van der Waals surface area contributed by atoms with Crippen LogP contribution in [0, 0.1) is 0 Å². The molecule has 0 bridgehead atoms. The van der Waals surface area contributed by atoms with Gasteiger partial charge in [0.2, 0.25) is 5.91 Å². The fraction of sp³-hybridized carbons (Fsp3) is 0.333. The summed E-state index contributed by atoms with van der Waals surface area (Å²) < 4.78 is 0. The number of fused-ring (bicyclic) bond motifs is 1. The molecule has 2 aromatic carbocycles. The van der Waals surface area contributed by atoms with Crippen LogP contribution in [0.15, 0.2) is 42.5 Å². The third kappa shape index (κ3) is 4.45. The van der Waals surface area contributed by atoms with Crippen LogP contribution in [0.3, 0.4) is 0 Å². The van der Waals surface area contributed by atoms with Gasteiger partial charge in [-0.1, -0.05) is 42.5 Å². The van der Waals surface area contributed by atoms with Crippen LogP contribution in [0.25, 0.3) is 10.8 Å². The van der Waals surface area contributed by atoms with Gasteiger partial charge in [-0.25, -0.2) is 4.79 Å². The van der Waals surface area contributed by atoms with E-state index in [1.54, 1.807) is 26.0 Å². The van der Waals surface area contributed by atoms with E-state index in [0.717, 1.165) is 16.3 Å². The second-order valence-electron chi connectivity index (χ2n) is 5.76. The average Bonchev–Trinajstić information content (AvgIpc) is 2.54. The molecule has 0 fully saturated rings. The molecule has 3 amide bonds. The topological polar surface area (TPSA) is 52.7 Å². The van der Waals surface area contributed by atoms with Crippen molar-refractivity contribution in [1.82, 2.24) is 15.1 Å². The monoisotopic (exact) mass is 313 g/mol. The molecule has 5 nitrogen and oxygen atoms in total. The molecule has 2 aromatic rings. The second kappa shape index (κ2) is 7.63. The molecule has 0 atom stereocenters. The molecule has 122 valence electrons. The quantitative estimate of drug-likeness (QED) is 0.922. The molecule has 0 aliphatic heterocycles. The molecule has 1 N–H and O–H groups in total. The van der Waals surface area contributed by atoms with Gasteiger partial charge in [0.05, 0.1) is 0 Å². The van der Waals surface area contributed by atoms with Gasteiger partial charge in [0.1, 0.15) is 0 Å². The first-order valence-electron chi connectivity index (χ1n) is 7.65. The Morgan fingerprint density at radius 3 is 2.43 bits per heavy atom. The number of hydrogen-bond acceptors (Lipinski definition) is 2. The maximum atomic E-state index is 12.1. The molecule has 0 unspecified atom stereocenters. The Morgan fingerprint density at radius 2 is 1.70 bits per heavy atom. The van der Waals surface area contributed by atoms with E-state index in [1.807, 2.05) is 24.3 Å². The number of carbonyl (C=O) groups is 2. The highest BCUT2D eigenvalue weighted by molar-refractivity contribution is 5.86. The Hall–Kier alpha value is -2.56. The van der Waals surface area contributed by atoms with Gasteiger partial charge in [-0.2, -0.15) is 0 Å². The lowest BCUT2D eigenvalue weighted by Gasteiger charge is -2.19. The average molecular weight is 313 g/mol. The van der Waals surface area contributed by atoms with Gasteiger partial charge in [0, 0.05) is 40.7 Å². The summed E-state index contributed by atoms with van der Waals surface area (Å²) in [5.41, 5.74) is 1.10. The van der Waals surface area contributed by atoms with Crippen molar-refractivity contribution >= 4 is 22.7 Å². The van der Waals surface area contributed by atoms with Gasteiger partial charge in [0.25, 0.3) is 0 Å². The molecule has 0 aliphatic rings. The van der Waals surface area contributed by atoms with Crippen LogP contribution in [-0.2, 0) is 11.3 Å². The smallest absolute Gasteiger partial charge is 0.317 e. The van der Waals surface area contributed by atoms with E-state index in [0.29, 0.717) is 19.5 Å². The summed E-state index contributed by atoms with van der Waals surface area (Å²) in [5.74, 6) is 0.00186. The Morgan fingerprint density at radius 1 is 1.00 bits per heavy atom. The zero-order chi connectivity index (χ0) is 16.8. The summed E-state index contributed by atoms with van der Waals surface area (Å²) in [6.45, 7) is 0.866. The number of rotatable bonds is 5. The maximum Gasteiger partial charge on any atom is 0.317 e. The minimum absolute atomic E-state index is 0.00186. The Balaban J connectivity index is 1.94. The first-order valence-corrected chi connectivity index (χ1v) is 7.65. The summed E-state index contributed by atoms with van der Waals surface area (Å²) in [5, 5.41) is 5.09. The van der Waals surface area contributed by atoms with Crippen molar-refractivity contribution in [3.63, 3.8) is 0 Å². The van der Waals surface area contributed by atoms with Crippen LogP contribution in [0.2, 0.25) is 0 Å². The summed E-state index contributed by atoms with van der Waals surface area (Å²) in [6, 6.07) is 14.0. The van der Waals surface area contributed by atoms with Gasteiger partial charge >= 0.3 is 6.03 Å². The van der Waals surface area contributed by atoms with Crippen LogP contribution >= 0.6 is 0 Å². The third-order valence-corrected chi connectivity index (χ3v) is 3.75. The van der Waals surface area contributed by atoms with Crippen molar-refractivity contribution in [3.05, 3.63) is 48.0 Å². The van der Waals surface area contributed by atoms with Crippen LogP contribution in [0.1, 0.15) is 12.0 Å². The van der Waals surface area contributed by atoms with Gasteiger partial charge in [0.15, 0.2) is 0 Å². The standard InChI is InChI=1S/C18H23N3O2/c1-20(2)17(22)11-12-19-18(23)21(3)13-15-9-6-8-14-7-4-5-10-16(14)15/h4-10H,11-13H2,1-3H3,(H,19,23). The van der Waals surface area contributed by atoms with Crippen molar-refractivity contribution in [2.24, 2.45) is 0 Å². The van der Waals surface area contributed by atoms with E-state index in [2.05, 4.69) is 23.5 Å². The molecule has 5 heteroatoms. The maximum absolute atomic E-state index is 12.1. The Kier molecular flexibility index (Phi) is 5.57. The van der Waals surface area contributed by atoms with Crippen molar-refractivity contribution in [2.45, 2.75) is 13.0 Å². The Labute approximate surface area is 136 Å². The van der Waals surface area contributed by atoms with E-state index < -0.39 is 0 Å². The lowest BCUT2D eigenvalue weighted by Crippen LogP contribution is -2.38. The van der Waals surface area contributed by atoms with Crippen LogP contribution < -0.4 is 5.32 Å². The first-order chi connectivity index (χ1) is 11.0. The molecule has 2 rings (SSSR count). The summed E-state index contributed by atoms with van der Waals surface area (Å²) >= 11 is 0. The van der Waals surface area contributed by atoms with Crippen molar-refractivity contribution < 1.29 is 9.59 Å². The van der Waals surface area contributed by atoms with Crippen LogP contribution in [-0.4, -0.2) is 49.4 Å².